The molecule has 6 nitrogen and oxygen atoms in total. The van der Waals surface area contributed by atoms with E-state index in [1.807, 2.05) is 13.8 Å². The Morgan fingerprint density at radius 2 is 1.65 bits per heavy atom. The number of sulfone groups is 1. The molecule has 1 fully saturated rings. The second-order valence-electron chi connectivity index (χ2n) is 8.15. The summed E-state index contributed by atoms with van der Waals surface area (Å²) >= 11 is 0. The predicted octanol–water partition coefficient (Wildman–Crippen LogP) is 3.11. The molecule has 1 aliphatic heterocycles. The Labute approximate surface area is 181 Å². The lowest BCUT2D eigenvalue weighted by Gasteiger charge is -2.29. The molecular formula is C23H26FNO5S. The van der Waals surface area contributed by atoms with Crippen molar-refractivity contribution in [2.45, 2.75) is 26.3 Å². The largest absolute Gasteiger partial charge is 0.484 e. The smallest absolute Gasteiger partial charge is 0.260 e. The van der Waals surface area contributed by atoms with Crippen LogP contribution in [0.15, 0.2) is 48.5 Å². The molecule has 1 aliphatic rings. The molecule has 0 unspecified atom stereocenters. The van der Waals surface area contributed by atoms with Crippen LogP contribution in [0.2, 0.25) is 0 Å². The van der Waals surface area contributed by atoms with Gasteiger partial charge in [-0.1, -0.05) is 13.8 Å². The minimum absolute atomic E-state index is 0.00828. The zero-order valence-corrected chi connectivity index (χ0v) is 18.4. The molecule has 166 valence electrons. The van der Waals surface area contributed by atoms with Crippen LogP contribution in [0.3, 0.4) is 0 Å². The van der Waals surface area contributed by atoms with Gasteiger partial charge in [0.1, 0.15) is 11.6 Å². The number of benzene rings is 2. The van der Waals surface area contributed by atoms with Gasteiger partial charge in [0.15, 0.2) is 22.2 Å². The van der Waals surface area contributed by atoms with E-state index < -0.39 is 15.7 Å². The average Bonchev–Trinajstić information content (AvgIpc) is 3.10. The third-order valence-corrected chi connectivity index (χ3v) is 6.87. The number of nitrogens with zero attached hydrogens (tertiary/aromatic N) is 1. The molecule has 1 heterocycles. The van der Waals surface area contributed by atoms with E-state index in [1.165, 1.54) is 24.3 Å². The van der Waals surface area contributed by atoms with Gasteiger partial charge in [-0.15, -0.1) is 0 Å². The van der Waals surface area contributed by atoms with Crippen LogP contribution >= 0.6 is 0 Å². The second kappa shape index (κ2) is 9.60. The fourth-order valence-corrected chi connectivity index (χ4v) is 5.30. The van der Waals surface area contributed by atoms with Gasteiger partial charge >= 0.3 is 0 Å². The summed E-state index contributed by atoms with van der Waals surface area (Å²) in [5.74, 6) is -0.200. The summed E-state index contributed by atoms with van der Waals surface area (Å²) in [4.78, 5) is 26.8. The maximum atomic E-state index is 13.0. The topological polar surface area (TPSA) is 80.8 Å². The number of rotatable bonds is 8. The maximum absolute atomic E-state index is 13.0. The van der Waals surface area contributed by atoms with Gasteiger partial charge < -0.3 is 9.64 Å². The minimum Gasteiger partial charge on any atom is -0.484 e. The number of carbonyl (C=O) groups excluding carboxylic acids is 2. The van der Waals surface area contributed by atoms with E-state index in [-0.39, 0.29) is 41.8 Å². The van der Waals surface area contributed by atoms with Crippen molar-refractivity contribution in [3.8, 4) is 5.75 Å². The van der Waals surface area contributed by atoms with Crippen molar-refractivity contribution in [3.63, 3.8) is 0 Å². The Balaban J connectivity index is 1.62. The highest BCUT2D eigenvalue weighted by Gasteiger charge is 2.34. The molecule has 1 atom stereocenters. The van der Waals surface area contributed by atoms with Crippen molar-refractivity contribution >= 4 is 21.5 Å². The lowest BCUT2D eigenvalue weighted by Crippen LogP contribution is -2.45. The normalized spacial score (nSPS) is 17.5. The molecule has 0 radical (unpaired) electrons. The predicted molar refractivity (Wildman–Crippen MR) is 115 cm³/mol. The highest BCUT2D eigenvalue weighted by atomic mass is 32.2. The monoisotopic (exact) mass is 447 g/mol. The maximum Gasteiger partial charge on any atom is 0.260 e. The van der Waals surface area contributed by atoms with Gasteiger partial charge in [-0.2, -0.15) is 0 Å². The highest BCUT2D eigenvalue weighted by molar-refractivity contribution is 7.91. The van der Waals surface area contributed by atoms with Crippen LogP contribution in [0.1, 0.15) is 36.2 Å². The zero-order valence-electron chi connectivity index (χ0n) is 17.6. The first-order chi connectivity index (χ1) is 14.6. The van der Waals surface area contributed by atoms with E-state index in [2.05, 4.69) is 0 Å². The summed E-state index contributed by atoms with van der Waals surface area (Å²) < 4.78 is 42.3. The van der Waals surface area contributed by atoms with E-state index in [9.17, 15) is 22.4 Å². The van der Waals surface area contributed by atoms with E-state index >= 15 is 0 Å². The second-order valence-corrected chi connectivity index (χ2v) is 10.4. The third kappa shape index (κ3) is 6.13. The zero-order chi connectivity index (χ0) is 22.6. The SMILES string of the molecule is CC(C)CN(C(=O)COc1ccc(C(=O)c2ccc(F)cc2)cc1)[C@@H]1CCS(=O)(=O)C1. The number of hydrogen-bond donors (Lipinski definition) is 0. The van der Waals surface area contributed by atoms with Crippen LogP contribution in [0.25, 0.3) is 0 Å². The first-order valence-corrected chi connectivity index (χ1v) is 12.0. The third-order valence-electron chi connectivity index (χ3n) is 5.12. The fraction of sp³-hybridized carbons (Fsp3) is 0.391. The van der Waals surface area contributed by atoms with E-state index in [0.717, 1.165) is 0 Å². The van der Waals surface area contributed by atoms with Gasteiger partial charge in [-0.25, -0.2) is 12.8 Å². The standard InChI is InChI=1S/C23H26FNO5S/c1-16(2)13-25(20-11-12-31(28,29)15-20)22(26)14-30-21-9-5-18(6-10-21)23(27)17-3-7-19(24)8-4-17/h3-10,16,20H,11-15H2,1-2H3/t20-/m1/s1. The molecule has 3 rings (SSSR count). The van der Waals surface area contributed by atoms with Crippen molar-refractivity contribution in [2.24, 2.45) is 5.92 Å². The molecule has 0 saturated carbocycles. The summed E-state index contributed by atoms with van der Waals surface area (Å²) in [6.07, 6.45) is 0.445. The molecule has 0 N–H and O–H groups in total. The molecule has 0 bridgehead atoms. The summed E-state index contributed by atoms with van der Waals surface area (Å²) in [6, 6.07) is 11.3. The summed E-state index contributed by atoms with van der Waals surface area (Å²) in [7, 11) is -3.10. The lowest BCUT2D eigenvalue weighted by molar-refractivity contribution is -0.135. The molecule has 1 saturated heterocycles. The van der Waals surface area contributed by atoms with Gasteiger partial charge in [0.05, 0.1) is 11.5 Å². The molecule has 8 heteroatoms. The van der Waals surface area contributed by atoms with Crippen molar-refractivity contribution in [2.75, 3.05) is 24.7 Å². The summed E-state index contributed by atoms with van der Waals surface area (Å²) in [5.41, 5.74) is 0.795. The number of amides is 1. The van der Waals surface area contributed by atoms with Crippen LogP contribution in [0, 0.1) is 11.7 Å². The fourth-order valence-electron chi connectivity index (χ4n) is 3.57. The average molecular weight is 448 g/mol. The van der Waals surface area contributed by atoms with E-state index in [4.69, 9.17) is 4.74 Å². The summed E-state index contributed by atoms with van der Waals surface area (Å²) in [5, 5.41) is 0. The van der Waals surface area contributed by atoms with Gasteiger partial charge in [0.25, 0.3) is 5.91 Å². The number of hydrogen-bond acceptors (Lipinski definition) is 5. The molecule has 2 aromatic rings. The Kier molecular flexibility index (Phi) is 7.10. The van der Waals surface area contributed by atoms with Crippen LogP contribution in [0.5, 0.6) is 5.75 Å². The Hall–Kier alpha value is -2.74. The molecule has 0 aliphatic carbocycles. The van der Waals surface area contributed by atoms with Gasteiger partial charge in [-0.3, -0.25) is 9.59 Å². The Bertz CT molecular complexity index is 1030. The quantitative estimate of drug-likeness (QED) is 0.581. The molecule has 1 amide bonds. The summed E-state index contributed by atoms with van der Waals surface area (Å²) in [6.45, 7) is 4.20. The minimum atomic E-state index is -3.10. The molecule has 0 spiro atoms. The van der Waals surface area contributed by atoms with Gasteiger partial charge in [0.2, 0.25) is 0 Å². The van der Waals surface area contributed by atoms with Crippen LogP contribution in [-0.4, -0.2) is 55.7 Å². The number of halogens is 1. The molecule has 2 aromatic carbocycles. The van der Waals surface area contributed by atoms with Crippen molar-refractivity contribution < 1.29 is 27.1 Å². The Morgan fingerprint density at radius 3 is 2.16 bits per heavy atom. The number of carbonyl (C=O) groups is 2. The molecule has 0 aromatic heterocycles. The first kappa shape index (κ1) is 22.9. The first-order valence-electron chi connectivity index (χ1n) is 10.2. The van der Waals surface area contributed by atoms with Crippen LogP contribution in [0.4, 0.5) is 4.39 Å². The Morgan fingerprint density at radius 1 is 1.06 bits per heavy atom. The van der Waals surface area contributed by atoms with E-state index in [0.29, 0.717) is 29.8 Å². The van der Waals surface area contributed by atoms with Crippen molar-refractivity contribution in [1.29, 1.82) is 0 Å². The van der Waals surface area contributed by atoms with Crippen molar-refractivity contribution in [1.82, 2.24) is 4.90 Å². The number of ether oxygens (including phenoxy) is 1. The molecule has 31 heavy (non-hydrogen) atoms. The van der Waals surface area contributed by atoms with Crippen molar-refractivity contribution in [3.05, 3.63) is 65.5 Å². The number of ketones is 1. The van der Waals surface area contributed by atoms with Gasteiger partial charge in [0, 0.05) is 23.7 Å². The van der Waals surface area contributed by atoms with Gasteiger partial charge in [-0.05, 0) is 60.9 Å². The molecular weight excluding hydrogens is 421 g/mol. The van der Waals surface area contributed by atoms with E-state index in [1.54, 1.807) is 29.2 Å². The highest BCUT2D eigenvalue weighted by Crippen LogP contribution is 2.20. The lowest BCUT2D eigenvalue weighted by atomic mass is 10.0. The van der Waals surface area contributed by atoms with Crippen LogP contribution in [-0.2, 0) is 14.6 Å². The van der Waals surface area contributed by atoms with Crippen LogP contribution < -0.4 is 4.74 Å².